The Balaban J connectivity index is 2.02. The summed E-state index contributed by atoms with van der Waals surface area (Å²) in [7, 11) is 0. The van der Waals surface area contributed by atoms with Crippen LogP contribution in [0.15, 0.2) is 24.3 Å². The molecule has 0 saturated heterocycles. The molecule has 0 spiro atoms. The lowest BCUT2D eigenvalue weighted by molar-refractivity contribution is 0.477. The smallest absolute Gasteiger partial charge is 0.221 e. The number of fused-ring (bicyclic) bond motifs is 1. The van der Waals surface area contributed by atoms with E-state index in [4.69, 9.17) is 0 Å². The second kappa shape index (κ2) is 4.44. The molecule has 0 fully saturated rings. The topological polar surface area (TPSA) is 42.7 Å². The first kappa shape index (κ1) is 11.3. The SMILES string of the molecule is CCc1nc2n(n1)C(c1cccc(C)c1)CCN2. The number of anilines is 1. The molecule has 2 aromatic rings. The summed E-state index contributed by atoms with van der Waals surface area (Å²) in [6.07, 6.45) is 1.94. The Bertz CT molecular complexity index is 559. The quantitative estimate of drug-likeness (QED) is 0.880. The number of hydrogen-bond acceptors (Lipinski definition) is 3. The van der Waals surface area contributed by atoms with Crippen molar-refractivity contribution in [2.24, 2.45) is 0 Å². The molecular weight excluding hydrogens is 224 g/mol. The second-order valence-electron chi connectivity index (χ2n) is 4.80. The number of nitrogens with zero attached hydrogens (tertiary/aromatic N) is 3. The summed E-state index contributed by atoms with van der Waals surface area (Å²) < 4.78 is 2.04. The average Bonchev–Trinajstić information content (AvgIpc) is 2.81. The zero-order valence-electron chi connectivity index (χ0n) is 10.8. The second-order valence-corrected chi connectivity index (χ2v) is 4.80. The monoisotopic (exact) mass is 242 g/mol. The van der Waals surface area contributed by atoms with Crippen molar-refractivity contribution in [3.8, 4) is 0 Å². The Morgan fingerprint density at radius 1 is 1.44 bits per heavy atom. The zero-order chi connectivity index (χ0) is 12.5. The molecule has 1 aromatic heterocycles. The molecule has 0 amide bonds. The van der Waals surface area contributed by atoms with Crippen molar-refractivity contribution in [2.45, 2.75) is 32.7 Å². The summed E-state index contributed by atoms with van der Waals surface area (Å²) in [5.41, 5.74) is 2.62. The van der Waals surface area contributed by atoms with Gasteiger partial charge in [-0.15, -0.1) is 0 Å². The fourth-order valence-electron chi connectivity index (χ4n) is 2.48. The molecule has 0 saturated carbocycles. The summed E-state index contributed by atoms with van der Waals surface area (Å²) in [6, 6.07) is 8.98. The lowest BCUT2D eigenvalue weighted by Crippen LogP contribution is -2.24. The number of aryl methyl sites for hydroxylation is 2. The van der Waals surface area contributed by atoms with Crippen molar-refractivity contribution in [1.29, 1.82) is 0 Å². The maximum atomic E-state index is 4.60. The molecule has 4 nitrogen and oxygen atoms in total. The molecule has 1 unspecified atom stereocenters. The van der Waals surface area contributed by atoms with Crippen molar-refractivity contribution < 1.29 is 0 Å². The molecule has 1 aliphatic heterocycles. The molecule has 2 heterocycles. The molecule has 0 aliphatic carbocycles. The highest BCUT2D eigenvalue weighted by atomic mass is 15.4. The molecule has 94 valence electrons. The number of hydrogen-bond donors (Lipinski definition) is 1. The summed E-state index contributed by atoms with van der Waals surface area (Å²) in [5.74, 6) is 1.82. The first-order chi connectivity index (χ1) is 8.78. The van der Waals surface area contributed by atoms with E-state index in [0.29, 0.717) is 6.04 Å². The van der Waals surface area contributed by atoms with Crippen LogP contribution in [0.3, 0.4) is 0 Å². The first-order valence-electron chi connectivity index (χ1n) is 6.54. The van der Waals surface area contributed by atoms with Gasteiger partial charge in [-0.1, -0.05) is 36.8 Å². The van der Waals surface area contributed by atoms with Crippen LogP contribution in [0.4, 0.5) is 5.95 Å². The third-order valence-electron chi connectivity index (χ3n) is 3.41. The predicted octanol–water partition coefficient (Wildman–Crippen LogP) is 2.55. The van der Waals surface area contributed by atoms with E-state index in [9.17, 15) is 0 Å². The van der Waals surface area contributed by atoms with Crippen LogP contribution in [0.2, 0.25) is 0 Å². The van der Waals surface area contributed by atoms with Gasteiger partial charge in [0, 0.05) is 13.0 Å². The summed E-state index contributed by atoms with van der Waals surface area (Å²) >= 11 is 0. The Hall–Kier alpha value is -1.84. The number of rotatable bonds is 2. The van der Waals surface area contributed by atoms with Crippen LogP contribution in [0.5, 0.6) is 0 Å². The molecule has 3 rings (SSSR count). The summed E-state index contributed by atoms with van der Waals surface area (Å²) in [4.78, 5) is 4.51. The van der Waals surface area contributed by atoms with Crippen molar-refractivity contribution >= 4 is 5.95 Å². The Kier molecular flexibility index (Phi) is 2.78. The standard InChI is InChI=1S/C14H18N4/c1-3-13-16-14-15-8-7-12(18(14)17-13)11-6-4-5-10(2)9-11/h4-6,9,12H,3,7-8H2,1-2H3,(H,15,16,17). The highest BCUT2D eigenvalue weighted by molar-refractivity contribution is 5.34. The third kappa shape index (κ3) is 1.88. The van der Waals surface area contributed by atoms with E-state index in [0.717, 1.165) is 31.2 Å². The van der Waals surface area contributed by atoms with Crippen LogP contribution in [0, 0.1) is 6.92 Å². The van der Waals surface area contributed by atoms with Gasteiger partial charge in [-0.05, 0) is 18.9 Å². The van der Waals surface area contributed by atoms with Gasteiger partial charge in [-0.3, -0.25) is 0 Å². The first-order valence-corrected chi connectivity index (χ1v) is 6.54. The zero-order valence-corrected chi connectivity index (χ0v) is 10.8. The minimum absolute atomic E-state index is 0.314. The van der Waals surface area contributed by atoms with Crippen LogP contribution >= 0.6 is 0 Å². The Labute approximate surface area is 107 Å². The van der Waals surface area contributed by atoms with E-state index >= 15 is 0 Å². The largest absolute Gasteiger partial charge is 0.354 e. The molecule has 18 heavy (non-hydrogen) atoms. The van der Waals surface area contributed by atoms with Crippen LogP contribution in [0.1, 0.15) is 36.3 Å². The van der Waals surface area contributed by atoms with E-state index in [1.165, 1.54) is 11.1 Å². The fraction of sp³-hybridized carbons (Fsp3) is 0.429. The van der Waals surface area contributed by atoms with Gasteiger partial charge in [0.05, 0.1) is 6.04 Å². The lowest BCUT2D eigenvalue weighted by atomic mass is 10.0. The van der Waals surface area contributed by atoms with Crippen molar-refractivity contribution in [3.63, 3.8) is 0 Å². The molecule has 1 aromatic carbocycles. The average molecular weight is 242 g/mol. The van der Waals surface area contributed by atoms with Crippen LogP contribution in [-0.2, 0) is 6.42 Å². The Morgan fingerprint density at radius 3 is 3.11 bits per heavy atom. The molecule has 4 heteroatoms. The normalized spacial score (nSPS) is 18.2. The van der Waals surface area contributed by atoms with E-state index in [1.807, 2.05) is 4.68 Å². The van der Waals surface area contributed by atoms with E-state index in [1.54, 1.807) is 0 Å². The van der Waals surface area contributed by atoms with Crippen molar-refractivity contribution in [3.05, 3.63) is 41.2 Å². The van der Waals surface area contributed by atoms with Gasteiger partial charge in [0.15, 0.2) is 5.82 Å². The van der Waals surface area contributed by atoms with E-state index < -0.39 is 0 Å². The van der Waals surface area contributed by atoms with Crippen molar-refractivity contribution in [1.82, 2.24) is 14.8 Å². The number of benzene rings is 1. The van der Waals surface area contributed by atoms with Crippen LogP contribution in [-0.4, -0.2) is 21.3 Å². The van der Waals surface area contributed by atoms with E-state index in [-0.39, 0.29) is 0 Å². The number of aromatic nitrogens is 3. The predicted molar refractivity (Wildman–Crippen MR) is 71.8 cm³/mol. The van der Waals surface area contributed by atoms with Gasteiger partial charge in [0.25, 0.3) is 0 Å². The molecule has 1 atom stereocenters. The van der Waals surface area contributed by atoms with Gasteiger partial charge >= 0.3 is 0 Å². The van der Waals surface area contributed by atoms with Crippen LogP contribution in [0.25, 0.3) is 0 Å². The van der Waals surface area contributed by atoms with Crippen molar-refractivity contribution in [2.75, 3.05) is 11.9 Å². The minimum atomic E-state index is 0.314. The van der Waals surface area contributed by atoms with E-state index in [2.05, 4.69) is 53.5 Å². The highest BCUT2D eigenvalue weighted by Gasteiger charge is 2.23. The molecule has 1 aliphatic rings. The maximum Gasteiger partial charge on any atom is 0.221 e. The van der Waals surface area contributed by atoms with Gasteiger partial charge in [0.1, 0.15) is 0 Å². The number of nitrogens with one attached hydrogen (secondary N) is 1. The van der Waals surface area contributed by atoms with Gasteiger partial charge < -0.3 is 5.32 Å². The maximum absolute atomic E-state index is 4.60. The Morgan fingerprint density at radius 2 is 2.33 bits per heavy atom. The molecule has 0 bridgehead atoms. The van der Waals surface area contributed by atoms with Crippen LogP contribution < -0.4 is 5.32 Å². The van der Waals surface area contributed by atoms with Gasteiger partial charge in [0.2, 0.25) is 5.95 Å². The summed E-state index contributed by atoms with van der Waals surface area (Å²) in [5, 5.41) is 7.92. The molecule has 1 N–H and O–H groups in total. The highest BCUT2D eigenvalue weighted by Crippen LogP contribution is 2.28. The fourth-order valence-corrected chi connectivity index (χ4v) is 2.48. The molecular formula is C14H18N4. The van der Waals surface area contributed by atoms with Gasteiger partial charge in [-0.2, -0.15) is 10.1 Å². The lowest BCUT2D eigenvalue weighted by Gasteiger charge is -2.24. The molecule has 0 radical (unpaired) electrons. The minimum Gasteiger partial charge on any atom is -0.354 e. The van der Waals surface area contributed by atoms with Gasteiger partial charge in [-0.25, -0.2) is 4.68 Å². The summed E-state index contributed by atoms with van der Waals surface area (Å²) in [6.45, 7) is 5.17. The third-order valence-corrected chi connectivity index (χ3v) is 3.41.